The molecule has 7 heteroatoms. The Morgan fingerprint density at radius 2 is 1.54 bits per heavy atom. The lowest BCUT2D eigenvalue weighted by Gasteiger charge is -2.23. The molecule has 3 N–H and O–H groups in total. The molecule has 35 heavy (non-hydrogen) atoms. The zero-order valence-electron chi connectivity index (χ0n) is 19.7. The first kappa shape index (κ1) is 24.8. The molecule has 0 aliphatic carbocycles. The van der Waals surface area contributed by atoms with Crippen LogP contribution in [0.2, 0.25) is 0 Å². The molecule has 0 aliphatic rings. The highest BCUT2D eigenvalue weighted by Crippen LogP contribution is 2.30. The molecule has 4 rings (SSSR count). The predicted molar refractivity (Wildman–Crippen MR) is 147 cm³/mol. The zero-order valence-corrected chi connectivity index (χ0v) is 20.5. The number of alkyl halides is 1. The fourth-order valence-corrected chi connectivity index (χ4v) is 4.43. The molecule has 6 nitrogen and oxygen atoms in total. The van der Waals surface area contributed by atoms with Crippen LogP contribution in [-0.2, 0) is 4.79 Å². The van der Waals surface area contributed by atoms with Crippen LogP contribution in [-0.4, -0.2) is 48.1 Å². The van der Waals surface area contributed by atoms with E-state index in [0.717, 1.165) is 58.3 Å². The van der Waals surface area contributed by atoms with Crippen LogP contribution >= 0.6 is 11.6 Å². The number of aliphatic hydroxyl groups excluding tert-OH is 1. The van der Waals surface area contributed by atoms with Crippen LogP contribution in [0.1, 0.15) is 19.3 Å². The second kappa shape index (κ2) is 12.4. The number of hydrogen-bond donors (Lipinski definition) is 3. The van der Waals surface area contributed by atoms with Gasteiger partial charge < -0.3 is 20.6 Å². The normalized spacial score (nSPS) is 11.0. The molecule has 3 aromatic carbocycles. The fourth-order valence-electron chi connectivity index (χ4n) is 4.23. The van der Waals surface area contributed by atoms with Gasteiger partial charge in [0.15, 0.2) is 0 Å². The van der Waals surface area contributed by atoms with E-state index in [-0.39, 0.29) is 12.5 Å². The number of anilines is 3. The van der Waals surface area contributed by atoms with Gasteiger partial charge in [-0.05, 0) is 49.2 Å². The van der Waals surface area contributed by atoms with E-state index in [9.17, 15) is 9.90 Å². The van der Waals surface area contributed by atoms with E-state index < -0.39 is 0 Å². The average molecular weight is 491 g/mol. The molecule has 0 unspecified atom stereocenters. The second-order valence-corrected chi connectivity index (χ2v) is 8.78. The molecule has 0 bridgehead atoms. The summed E-state index contributed by atoms with van der Waals surface area (Å²) in [7, 11) is 0. The summed E-state index contributed by atoms with van der Waals surface area (Å²) in [5.41, 5.74) is 4.78. The smallest absolute Gasteiger partial charge is 0.224 e. The van der Waals surface area contributed by atoms with Crippen molar-refractivity contribution in [2.75, 3.05) is 47.7 Å². The van der Waals surface area contributed by atoms with Crippen LogP contribution in [0.3, 0.4) is 0 Å². The van der Waals surface area contributed by atoms with Gasteiger partial charge in [0.2, 0.25) is 5.91 Å². The van der Waals surface area contributed by atoms with Crippen LogP contribution in [0.15, 0.2) is 72.8 Å². The molecule has 0 fully saturated rings. The van der Waals surface area contributed by atoms with Crippen molar-refractivity contribution in [2.45, 2.75) is 19.3 Å². The van der Waals surface area contributed by atoms with Gasteiger partial charge in [-0.3, -0.25) is 4.79 Å². The third kappa shape index (κ3) is 6.41. The molecule has 0 saturated carbocycles. The summed E-state index contributed by atoms with van der Waals surface area (Å²) in [6.45, 7) is 2.03. The number of rotatable bonds is 12. The molecule has 0 radical (unpaired) electrons. The average Bonchev–Trinajstić information content (AvgIpc) is 2.88. The van der Waals surface area contributed by atoms with Crippen molar-refractivity contribution in [3.63, 3.8) is 0 Å². The second-order valence-electron chi connectivity index (χ2n) is 8.40. The molecular formula is C28H31ClN4O2. The van der Waals surface area contributed by atoms with Crippen LogP contribution in [0.5, 0.6) is 0 Å². The van der Waals surface area contributed by atoms with Gasteiger partial charge in [0, 0.05) is 54.1 Å². The van der Waals surface area contributed by atoms with Crippen molar-refractivity contribution < 1.29 is 9.90 Å². The van der Waals surface area contributed by atoms with E-state index in [0.29, 0.717) is 25.4 Å². The van der Waals surface area contributed by atoms with Gasteiger partial charge in [-0.25, -0.2) is 4.98 Å². The van der Waals surface area contributed by atoms with Gasteiger partial charge in [0.05, 0.1) is 23.3 Å². The quantitative estimate of drug-likeness (QED) is 0.136. The maximum Gasteiger partial charge on any atom is 0.224 e. The molecule has 0 saturated heterocycles. The number of benzene rings is 3. The Bertz CT molecular complexity index is 1200. The maximum atomic E-state index is 12.4. The van der Waals surface area contributed by atoms with Crippen LogP contribution in [0.25, 0.3) is 21.8 Å². The van der Waals surface area contributed by atoms with E-state index in [1.807, 2.05) is 65.6 Å². The molecular weight excluding hydrogens is 460 g/mol. The number of hydrogen-bond acceptors (Lipinski definition) is 5. The molecule has 0 atom stereocenters. The van der Waals surface area contributed by atoms with Gasteiger partial charge >= 0.3 is 0 Å². The highest BCUT2D eigenvalue weighted by Gasteiger charge is 2.09. The monoisotopic (exact) mass is 490 g/mol. The number of unbranched alkanes of at least 4 members (excludes halogenated alkanes) is 1. The zero-order chi connectivity index (χ0) is 24.5. The van der Waals surface area contributed by atoms with Crippen molar-refractivity contribution in [3.8, 4) is 0 Å². The van der Waals surface area contributed by atoms with Gasteiger partial charge in [0.1, 0.15) is 0 Å². The maximum absolute atomic E-state index is 12.4. The predicted octanol–water partition coefficient (Wildman–Crippen LogP) is 5.65. The number of nitrogens with one attached hydrogen (secondary N) is 2. The first-order chi connectivity index (χ1) is 17.2. The van der Waals surface area contributed by atoms with E-state index in [2.05, 4.69) is 22.8 Å². The Kier molecular flexibility index (Phi) is 8.76. The fraction of sp³-hybridized carbons (Fsp3) is 0.286. The number of fused-ring (bicyclic) bond motifs is 2. The Morgan fingerprint density at radius 1 is 0.886 bits per heavy atom. The number of halogens is 1. The number of para-hydroxylation sites is 2. The molecule has 4 aromatic rings. The molecule has 182 valence electrons. The van der Waals surface area contributed by atoms with E-state index >= 15 is 0 Å². The van der Waals surface area contributed by atoms with Crippen LogP contribution in [0.4, 0.5) is 17.1 Å². The largest absolute Gasteiger partial charge is 0.395 e. The Balaban J connectivity index is 1.27. The van der Waals surface area contributed by atoms with Crippen molar-refractivity contribution in [3.05, 3.63) is 72.8 Å². The topological polar surface area (TPSA) is 77.5 Å². The minimum Gasteiger partial charge on any atom is -0.395 e. The van der Waals surface area contributed by atoms with Crippen molar-refractivity contribution >= 4 is 56.4 Å². The Morgan fingerprint density at radius 3 is 2.17 bits per heavy atom. The SMILES string of the molecule is O=C(CCCCNc1c2ccccc2nc2ccccc12)Nc1ccc(N(CCO)CCCl)cc1. The lowest BCUT2D eigenvalue weighted by molar-refractivity contribution is -0.116. The van der Waals surface area contributed by atoms with Gasteiger partial charge in [-0.15, -0.1) is 11.6 Å². The third-order valence-corrected chi connectivity index (χ3v) is 6.13. The number of amides is 1. The Labute approximate surface area is 210 Å². The molecule has 0 spiro atoms. The standard InChI is InChI=1S/C28H31ClN4O2/c29-16-18-33(19-20-34)22-14-12-21(13-15-22)31-27(35)11-5-6-17-30-28-23-7-1-3-9-25(23)32-26-10-4-2-8-24(26)28/h1-4,7-10,12-15,34H,5-6,11,16-20H2,(H,30,32)(H,31,35). The van der Waals surface area contributed by atoms with Crippen LogP contribution < -0.4 is 15.5 Å². The summed E-state index contributed by atoms with van der Waals surface area (Å²) >= 11 is 5.85. The molecule has 1 heterocycles. The number of aliphatic hydroxyl groups is 1. The molecule has 1 aromatic heterocycles. The minimum atomic E-state index is 0.00512. The number of carbonyl (C=O) groups excluding carboxylic acids is 1. The summed E-state index contributed by atoms with van der Waals surface area (Å²) < 4.78 is 0. The van der Waals surface area contributed by atoms with Gasteiger partial charge in [-0.1, -0.05) is 36.4 Å². The summed E-state index contributed by atoms with van der Waals surface area (Å²) in [4.78, 5) is 19.2. The third-order valence-electron chi connectivity index (χ3n) is 5.96. The first-order valence-electron chi connectivity index (χ1n) is 12.0. The van der Waals surface area contributed by atoms with Gasteiger partial charge in [0.25, 0.3) is 0 Å². The summed E-state index contributed by atoms with van der Waals surface area (Å²) in [5, 5.41) is 18.0. The lowest BCUT2D eigenvalue weighted by Crippen LogP contribution is -2.28. The van der Waals surface area contributed by atoms with Crippen molar-refractivity contribution in [1.29, 1.82) is 0 Å². The highest BCUT2D eigenvalue weighted by molar-refractivity contribution is 6.18. The summed E-state index contributed by atoms with van der Waals surface area (Å²) in [6, 6.07) is 24.0. The van der Waals surface area contributed by atoms with E-state index in [1.54, 1.807) is 0 Å². The summed E-state index contributed by atoms with van der Waals surface area (Å²) in [6.07, 6.45) is 2.13. The number of pyridine rings is 1. The van der Waals surface area contributed by atoms with Crippen LogP contribution in [0, 0.1) is 0 Å². The molecule has 0 aliphatic heterocycles. The highest BCUT2D eigenvalue weighted by atomic mass is 35.5. The van der Waals surface area contributed by atoms with E-state index in [4.69, 9.17) is 16.6 Å². The van der Waals surface area contributed by atoms with E-state index in [1.165, 1.54) is 0 Å². The van der Waals surface area contributed by atoms with Crippen molar-refractivity contribution in [1.82, 2.24) is 4.98 Å². The first-order valence-corrected chi connectivity index (χ1v) is 12.6. The minimum absolute atomic E-state index is 0.00512. The lowest BCUT2D eigenvalue weighted by atomic mass is 10.1. The number of nitrogens with zero attached hydrogens (tertiary/aromatic N) is 2. The van der Waals surface area contributed by atoms with Gasteiger partial charge in [-0.2, -0.15) is 0 Å². The molecule has 1 amide bonds. The van der Waals surface area contributed by atoms with Crippen molar-refractivity contribution in [2.24, 2.45) is 0 Å². The number of carbonyl (C=O) groups is 1. The number of aromatic nitrogens is 1. The Hall–Kier alpha value is -3.35. The summed E-state index contributed by atoms with van der Waals surface area (Å²) in [5.74, 6) is 0.492.